The van der Waals surface area contributed by atoms with E-state index in [0.29, 0.717) is 0 Å². The molecule has 83 valence electrons. The van der Waals surface area contributed by atoms with E-state index in [1.807, 2.05) is 54.6 Å². The summed E-state index contributed by atoms with van der Waals surface area (Å²) in [6, 6.07) is 25.4. The van der Waals surface area contributed by atoms with Gasteiger partial charge in [-0.3, -0.25) is 0 Å². The van der Waals surface area contributed by atoms with E-state index < -0.39 is 0 Å². The van der Waals surface area contributed by atoms with Gasteiger partial charge in [-0.25, -0.2) is 0 Å². The van der Waals surface area contributed by atoms with Gasteiger partial charge in [-0.15, -0.1) is 0 Å². The molecule has 0 nitrogen and oxygen atoms in total. The van der Waals surface area contributed by atoms with Crippen molar-refractivity contribution in [1.29, 1.82) is 0 Å². The van der Waals surface area contributed by atoms with Gasteiger partial charge >= 0.3 is 0 Å². The van der Waals surface area contributed by atoms with E-state index in [2.05, 4.69) is 30.0 Å². The van der Waals surface area contributed by atoms with E-state index >= 15 is 0 Å². The van der Waals surface area contributed by atoms with Crippen LogP contribution in [0, 0.1) is 17.9 Å². The molecule has 0 unspecified atom stereocenters. The third-order valence-corrected chi connectivity index (χ3v) is 2.82. The Morgan fingerprint density at radius 2 is 1.50 bits per heavy atom. The molecule has 0 heterocycles. The first-order valence-electron chi connectivity index (χ1n) is 5.90. The molecular formula is C18H11. The van der Waals surface area contributed by atoms with Gasteiger partial charge < -0.3 is 0 Å². The van der Waals surface area contributed by atoms with Crippen LogP contribution in [0.3, 0.4) is 0 Å². The summed E-state index contributed by atoms with van der Waals surface area (Å²) in [5, 5.41) is 2.26. The number of rotatable bonds is 0. The minimum absolute atomic E-state index is 1.04. The van der Waals surface area contributed by atoms with E-state index in [0.717, 1.165) is 21.9 Å². The van der Waals surface area contributed by atoms with Gasteiger partial charge in [-0.2, -0.15) is 0 Å². The van der Waals surface area contributed by atoms with Crippen LogP contribution in [0.1, 0.15) is 11.1 Å². The summed E-state index contributed by atoms with van der Waals surface area (Å²) in [5.74, 6) is 6.42. The zero-order valence-corrected chi connectivity index (χ0v) is 9.85. The van der Waals surface area contributed by atoms with E-state index in [1.165, 1.54) is 0 Å². The van der Waals surface area contributed by atoms with Crippen molar-refractivity contribution >= 4 is 10.8 Å². The fourth-order valence-electron chi connectivity index (χ4n) is 1.92. The van der Waals surface area contributed by atoms with Gasteiger partial charge in [0.1, 0.15) is 0 Å². The van der Waals surface area contributed by atoms with Gasteiger partial charge in [-0.05, 0) is 35.0 Å². The summed E-state index contributed by atoms with van der Waals surface area (Å²) < 4.78 is 0. The first-order chi connectivity index (χ1) is 8.93. The Balaban J connectivity index is 2.09. The van der Waals surface area contributed by atoms with Gasteiger partial charge in [0, 0.05) is 11.1 Å². The Bertz CT molecular complexity index is 723. The zero-order valence-electron chi connectivity index (χ0n) is 9.85. The summed E-state index contributed by atoms with van der Waals surface area (Å²) in [5.41, 5.74) is 2.09. The average molecular weight is 227 g/mol. The Hall–Kier alpha value is -2.52. The molecule has 1 radical (unpaired) electrons. The van der Waals surface area contributed by atoms with Crippen LogP contribution in [0.15, 0.2) is 66.7 Å². The van der Waals surface area contributed by atoms with Crippen LogP contribution in [0.4, 0.5) is 0 Å². The summed E-state index contributed by atoms with van der Waals surface area (Å²) in [6.45, 7) is 0. The molecule has 0 amide bonds. The van der Waals surface area contributed by atoms with Crippen molar-refractivity contribution in [3.05, 3.63) is 83.9 Å². The van der Waals surface area contributed by atoms with Crippen LogP contribution in [-0.4, -0.2) is 0 Å². The Morgan fingerprint density at radius 1 is 0.722 bits per heavy atom. The second-order valence-electron chi connectivity index (χ2n) is 4.05. The largest absolute Gasteiger partial charge is 0.0622 e. The maximum absolute atomic E-state index is 3.23. The third kappa shape index (κ3) is 2.12. The van der Waals surface area contributed by atoms with Crippen LogP contribution in [0.25, 0.3) is 10.8 Å². The van der Waals surface area contributed by atoms with Crippen molar-refractivity contribution in [3.63, 3.8) is 0 Å². The molecule has 0 aromatic heterocycles. The molecule has 18 heavy (non-hydrogen) atoms. The van der Waals surface area contributed by atoms with Crippen molar-refractivity contribution in [2.24, 2.45) is 0 Å². The molecule has 0 bridgehead atoms. The monoisotopic (exact) mass is 227 g/mol. The lowest BCUT2D eigenvalue weighted by Crippen LogP contribution is -1.79. The van der Waals surface area contributed by atoms with Gasteiger partial charge in [-0.1, -0.05) is 60.4 Å². The van der Waals surface area contributed by atoms with Crippen LogP contribution < -0.4 is 0 Å². The second-order valence-corrected chi connectivity index (χ2v) is 4.05. The number of benzene rings is 3. The summed E-state index contributed by atoms with van der Waals surface area (Å²) in [7, 11) is 0. The lowest BCUT2D eigenvalue weighted by atomic mass is 10.0. The maximum atomic E-state index is 3.23. The zero-order chi connectivity index (χ0) is 12.2. The van der Waals surface area contributed by atoms with Crippen molar-refractivity contribution < 1.29 is 0 Å². The van der Waals surface area contributed by atoms with E-state index in [4.69, 9.17) is 0 Å². The van der Waals surface area contributed by atoms with E-state index in [1.54, 1.807) is 0 Å². The van der Waals surface area contributed by atoms with Crippen LogP contribution in [-0.2, 0) is 0 Å². The number of hydrogen-bond donors (Lipinski definition) is 0. The van der Waals surface area contributed by atoms with E-state index in [9.17, 15) is 0 Å². The highest BCUT2D eigenvalue weighted by atomic mass is 14.0. The molecule has 0 saturated heterocycles. The fourth-order valence-corrected chi connectivity index (χ4v) is 1.92. The normalized spacial score (nSPS) is 9.78. The van der Waals surface area contributed by atoms with Crippen molar-refractivity contribution in [2.75, 3.05) is 0 Å². The smallest absolute Gasteiger partial charge is 0.0327 e. The summed E-state index contributed by atoms with van der Waals surface area (Å²) in [6.07, 6.45) is 0. The lowest BCUT2D eigenvalue weighted by molar-refractivity contribution is 1.64. The molecule has 0 aliphatic heterocycles. The van der Waals surface area contributed by atoms with E-state index in [-0.39, 0.29) is 0 Å². The topological polar surface area (TPSA) is 0 Å². The molecule has 0 spiro atoms. The Kier molecular flexibility index (Phi) is 2.82. The van der Waals surface area contributed by atoms with Crippen molar-refractivity contribution in [1.82, 2.24) is 0 Å². The molecule has 0 aliphatic carbocycles. The summed E-state index contributed by atoms with van der Waals surface area (Å²) in [4.78, 5) is 0. The van der Waals surface area contributed by atoms with Crippen LogP contribution in [0.5, 0.6) is 0 Å². The predicted octanol–water partition coefficient (Wildman–Crippen LogP) is 4.04. The molecule has 0 fully saturated rings. The van der Waals surface area contributed by atoms with Crippen LogP contribution >= 0.6 is 0 Å². The molecule has 0 heteroatoms. The molecular weight excluding hydrogens is 216 g/mol. The Morgan fingerprint density at radius 3 is 2.39 bits per heavy atom. The first-order valence-corrected chi connectivity index (χ1v) is 5.90. The number of hydrogen-bond acceptors (Lipinski definition) is 0. The van der Waals surface area contributed by atoms with Gasteiger partial charge in [0.05, 0.1) is 0 Å². The predicted molar refractivity (Wildman–Crippen MR) is 75.2 cm³/mol. The highest BCUT2D eigenvalue weighted by Gasteiger charge is 1.96. The maximum Gasteiger partial charge on any atom is 0.0327 e. The molecule has 3 rings (SSSR count). The Labute approximate surface area is 107 Å². The summed E-state index contributed by atoms with van der Waals surface area (Å²) >= 11 is 0. The third-order valence-electron chi connectivity index (χ3n) is 2.82. The minimum atomic E-state index is 1.04. The van der Waals surface area contributed by atoms with Gasteiger partial charge in [0.15, 0.2) is 0 Å². The highest BCUT2D eigenvalue weighted by molar-refractivity contribution is 5.87. The molecule has 0 saturated carbocycles. The first kappa shape index (κ1) is 10.6. The standard InChI is InChI=1S/C18H11/c1-2-7-15(8-3-1)13-14-17-11-6-10-16-9-4-5-12-18(16)17/h1-9,11-12H. The molecule has 0 N–H and O–H groups in total. The second kappa shape index (κ2) is 4.77. The average Bonchev–Trinajstić information content (AvgIpc) is 2.46. The van der Waals surface area contributed by atoms with Crippen molar-refractivity contribution in [3.8, 4) is 11.8 Å². The minimum Gasteiger partial charge on any atom is -0.0622 e. The van der Waals surface area contributed by atoms with Gasteiger partial charge in [0.25, 0.3) is 0 Å². The molecule has 3 aromatic rings. The molecule has 3 aromatic carbocycles. The quantitative estimate of drug-likeness (QED) is 0.508. The number of fused-ring (bicyclic) bond motifs is 1. The van der Waals surface area contributed by atoms with Crippen molar-refractivity contribution in [2.45, 2.75) is 0 Å². The molecule has 0 atom stereocenters. The highest BCUT2D eigenvalue weighted by Crippen LogP contribution is 2.16. The van der Waals surface area contributed by atoms with Crippen LogP contribution in [0.2, 0.25) is 0 Å². The fraction of sp³-hybridized carbons (Fsp3) is 0. The van der Waals surface area contributed by atoms with Gasteiger partial charge in [0.2, 0.25) is 0 Å². The SMILES string of the molecule is C(#Cc1cc[c]c2ccccc12)c1ccccc1. The molecule has 0 aliphatic rings. The lowest BCUT2D eigenvalue weighted by Gasteiger charge is -1.98.